The fraction of sp³-hybridized carbons (Fsp3) is 0.800. The number of hydrogen-bond donors (Lipinski definition) is 0. The van der Waals surface area contributed by atoms with Crippen LogP contribution in [0.4, 0.5) is 0 Å². The molecule has 1 unspecified atom stereocenters. The number of allylic oxidation sites excluding steroid dienone is 1. The van der Waals surface area contributed by atoms with Gasteiger partial charge < -0.3 is 4.74 Å². The fourth-order valence-corrected chi connectivity index (χ4v) is 3.08. The van der Waals surface area contributed by atoms with Gasteiger partial charge in [-0.2, -0.15) is 0 Å². The molecule has 0 aromatic rings. The van der Waals surface area contributed by atoms with Crippen LogP contribution in [0.25, 0.3) is 0 Å². The Kier molecular flexibility index (Phi) is 3.75. The van der Waals surface area contributed by atoms with E-state index in [-0.39, 0.29) is 22.9 Å². The lowest BCUT2D eigenvalue weighted by Crippen LogP contribution is -2.47. The van der Waals surface area contributed by atoms with Crippen LogP contribution in [0.15, 0.2) is 11.6 Å². The van der Waals surface area contributed by atoms with Crippen molar-refractivity contribution < 1.29 is 9.53 Å². The van der Waals surface area contributed by atoms with Crippen molar-refractivity contribution in [2.75, 3.05) is 0 Å². The van der Waals surface area contributed by atoms with E-state index in [1.165, 1.54) is 12.5 Å². The Morgan fingerprint density at radius 2 is 1.88 bits per heavy atom. The second kappa shape index (κ2) is 4.47. The van der Waals surface area contributed by atoms with Gasteiger partial charge in [-0.05, 0) is 12.3 Å². The molecule has 2 heteroatoms. The average molecular weight is 238 g/mol. The summed E-state index contributed by atoms with van der Waals surface area (Å²) in [5, 5.41) is 0. The highest BCUT2D eigenvalue weighted by atomic mass is 16.5. The monoisotopic (exact) mass is 238 g/mol. The van der Waals surface area contributed by atoms with Crippen LogP contribution in [-0.2, 0) is 9.53 Å². The molecule has 0 fully saturated rings. The quantitative estimate of drug-likeness (QED) is 0.537. The molecule has 0 heterocycles. The van der Waals surface area contributed by atoms with Gasteiger partial charge in [0.2, 0.25) is 0 Å². The third kappa shape index (κ3) is 3.11. The zero-order chi connectivity index (χ0) is 13.4. The summed E-state index contributed by atoms with van der Waals surface area (Å²) in [5.74, 6) is 0.379. The Morgan fingerprint density at radius 3 is 2.24 bits per heavy atom. The molecular weight excluding hydrogens is 212 g/mol. The molecule has 0 aromatic heterocycles. The molecular formula is C15H26O2. The Hall–Kier alpha value is -0.790. The molecule has 17 heavy (non-hydrogen) atoms. The van der Waals surface area contributed by atoms with Gasteiger partial charge in [0.1, 0.15) is 6.10 Å². The second-order valence-electron chi connectivity index (χ2n) is 6.85. The fourth-order valence-electron chi connectivity index (χ4n) is 3.08. The third-order valence-electron chi connectivity index (χ3n) is 3.63. The van der Waals surface area contributed by atoms with Crippen LogP contribution in [0.5, 0.6) is 0 Å². The molecule has 1 aliphatic carbocycles. The molecule has 0 aliphatic heterocycles. The molecule has 1 aliphatic rings. The maximum absolute atomic E-state index is 11.3. The molecule has 0 bridgehead atoms. The first-order chi connectivity index (χ1) is 7.56. The van der Waals surface area contributed by atoms with Gasteiger partial charge in [0, 0.05) is 17.8 Å². The molecule has 2 nitrogen and oxygen atoms in total. The number of ether oxygens (including phenoxy) is 1. The van der Waals surface area contributed by atoms with E-state index < -0.39 is 0 Å². The third-order valence-corrected chi connectivity index (χ3v) is 3.63. The zero-order valence-electron chi connectivity index (χ0n) is 12.3. The van der Waals surface area contributed by atoms with E-state index in [0.29, 0.717) is 5.92 Å². The van der Waals surface area contributed by atoms with Crippen molar-refractivity contribution in [2.24, 2.45) is 16.7 Å². The number of carbonyl (C=O) groups is 1. The minimum atomic E-state index is -0.183. The van der Waals surface area contributed by atoms with Crippen molar-refractivity contribution in [3.05, 3.63) is 11.6 Å². The first-order valence-corrected chi connectivity index (χ1v) is 6.45. The largest absolute Gasteiger partial charge is 0.461 e. The van der Waals surface area contributed by atoms with Crippen LogP contribution in [0, 0.1) is 16.7 Å². The molecule has 0 radical (unpaired) electrons. The molecule has 1 atom stereocenters. The summed E-state index contributed by atoms with van der Waals surface area (Å²) in [6.45, 7) is 14.6. The van der Waals surface area contributed by atoms with Crippen LogP contribution >= 0.6 is 0 Å². The summed E-state index contributed by atoms with van der Waals surface area (Å²) >= 11 is 0. The molecule has 98 valence electrons. The van der Waals surface area contributed by atoms with Crippen LogP contribution in [0.1, 0.15) is 54.9 Å². The number of carbonyl (C=O) groups excluding carboxylic acids is 1. The van der Waals surface area contributed by atoms with E-state index in [9.17, 15) is 4.79 Å². The van der Waals surface area contributed by atoms with E-state index in [4.69, 9.17) is 4.74 Å². The highest BCUT2D eigenvalue weighted by Crippen LogP contribution is 2.48. The highest BCUT2D eigenvalue weighted by Gasteiger charge is 2.46. The molecule has 0 amide bonds. The molecule has 0 saturated carbocycles. The lowest BCUT2D eigenvalue weighted by Gasteiger charge is -2.47. The van der Waals surface area contributed by atoms with E-state index in [0.717, 1.165) is 6.42 Å². The van der Waals surface area contributed by atoms with Gasteiger partial charge in [-0.15, -0.1) is 0 Å². The minimum absolute atomic E-state index is 0.00350. The normalized spacial score (nSPS) is 26.6. The Morgan fingerprint density at radius 1 is 1.35 bits per heavy atom. The van der Waals surface area contributed by atoms with Crippen molar-refractivity contribution in [2.45, 2.75) is 61.0 Å². The van der Waals surface area contributed by atoms with Crippen LogP contribution in [0.3, 0.4) is 0 Å². The molecule has 0 aromatic carbocycles. The van der Waals surface area contributed by atoms with Gasteiger partial charge in [0.05, 0.1) is 0 Å². The van der Waals surface area contributed by atoms with E-state index in [2.05, 4.69) is 47.6 Å². The van der Waals surface area contributed by atoms with Crippen molar-refractivity contribution in [3.8, 4) is 0 Å². The molecule has 1 rings (SSSR count). The SMILES string of the molecule is CC(=O)OC1C(C)(C)C=C(C(C)C)CC1(C)C. The summed E-state index contributed by atoms with van der Waals surface area (Å²) in [4.78, 5) is 11.3. The molecule has 0 saturated heterocycles. The number of esters is 1. The van der Waals surface area contributed by atoms with Gasteiger partial charge in [-0.1, -0.05) is 53.2 Å². The summed E-state index contributed by atoms with van der Waals surface area (Å²) in [6.07, 6.45) is 3.26. The van der Waals surface area contributed by atoms with Gasteiger partial charge in [0.25, 0.3) is 0 Å². The lowest BCUT2D eigenvalue weighted by atomic mass is 9.62. The number of hydrogen-bond acceptors (Lipinski definition) is 2. The second-order valence-corrected chi connectivity index (χ2v) is 6.85. The van der Waals surface area contributed by atoms with Crippen molar-refractivity contribution >= 4 is 5.97 Å². The maximum Gasteiger partial charge on any atom is 0.302 e. The first-order valence-electron chi connectivity index (χ1n) is 6.45. The summed E-state index contributed by atoms with van der Waals surface area (Å²) in [6, 6.07) is 0. The summed E-state index contributed by atoms with van der Waals surface area (Å²) in [5.41, 5.74) is 1.39. The van der Waals surface area contributed by atoms with Crippen LogP contribution in [-0.4, -0.2) is 12.1 Å². The van der Waals surface area contributed by atoms with Crippen molar-refractivity contribution in [1.29, 1.82) is 0 Å². The molecule has 0 spiro atoms. The summed E-state index contributed by atoms with van der Waals surface area (Å²) < 4.78 is 5.57. The van der Waals surface area contributed by atoms with Crippen molar-refractivity contribution in [3.63, 3.8) is 0 Å². The minimum Gasteiger partial charge on any atom is -0.461 e. The van der Waals surface area contributed by atoms with E-state index >= 15 is 0 Å². The van der Waals surface area contributed by atoms with Crippen molar-refractivity contribution in [1.82, 2.24) is 0 Å². The predicted octanol–water partition coefficient (Wildman–Crippen LogP) is 3.96. The Bertz CT molecular complexity index is 335. The van der Waals surface area contributed by atoms with Gasteiger partial charge in [0.15, 0.2) is 0 Å². The zero-order valence-corrected chi connectivity index (χ0v) is 12.3. The highest BCUT2D eigenvalue weighted by molar-refractivity contribution is 5.66. The number of rotatable bonds is 2. The smallest absolute Gasteiger partial charge is 0.302 e. The maximum atomic E-state index is 11.3. The topological polar surface area (TPSA) is 26.3 Å². The van der Waals surface area contributed by atoms with Crippen LogP contribution < -0.4 is 0 Å². The van der Waals surface area contributed by atoms with E-state index in [1.54, 1.807) is 0 Å². The first kappa shape index (κ1) is 14.3. The standard InChI is InChI=1S/C15H26O2/c1-10(2)12-8-14(4,5)13(17-11(3)16)15(6,7)9-12/h8,10,13H,9H2,1-7H3. The van der Waals surface area contributed by atoms with Gasteiger partial charge in [-0.25, -0.2) is 0 Å². The van der Waals surface area contributed by atoms with Gasteiger partial charge >= 0.3 is 5.97 Å². The van der Waals surface area contributed by atoms with E-state index in [1.807, 2.05) is 0 Å². The predicted molar refractivity (Wildman–Crippen MR) is 70.7 cm³/mol. The lowest BCUT2D eigenvalue weighted by molar-refractivity contribution is -0.161. The van der Waals surface area contributed by atoms with Crippen LogP contribution in [0.2, 0.25) is 0 Å². The van der Waals surface area contributed by atoms with Gasteiger partial charge in [-0.3, -0.25) is 4.79 Å². The average Bonchev–Trinajstić information content (AvgIpc) is 2.09. The Labute approximate surface area is 105 Å². The Balaban J connectivity index is 3.11. The summed E-state index contributed by atoms with van der Waals surface area (Å²) in [7, 11) is 0. The molecule has 0 N–H and O–H groups in total.